The number of nitrogens with zero attached hydrogens (tertiary/aromatic N) is 2. The summed E-state index contributed by atoms with van der Waals surface area (Å²) in [5.41, 5.74) is 0.389. The molecule has 1 saturated carbocycles. The Hall–Kier alpha value is -1.85. The minimum atomic E-state index is -0.376. The van der Waals surface area contributed by atoms with E-state index < -0.39 is 0 Å². The molecule has 0 radical (unpaired) electrons. The molecule has 1 aliphatic carbocycles. The summed E-state index contributed by atoms with van der Waals surface area (Å²) >= 11 is 0. The van der Waals surface area contributed by atoms with Crippen LogP contribution in [0.4, 0.5) is 17.3 Å². The standard InChI is InChI=1S/C15H24N4O2/c1-4-16-13-8-12(19(20)21)9-14(18-13)17-11-6-5-7-15(2,3)10-11/h8-9,11H,4-7,10H2,1-3H3,(H2,16,17,18). The number of rotatable bonds is 5. The van der Waals surface area contributed by atoms with Crippen LogP contribution in [0, 0.1) is 15.5 Å². The van der Waals surface area contributed by atoms with Crippen molar-refractivity contribution < 1.29 is 4.92 Å². The lowest BCUT2D eigenvalue weighted by molar-refractivity contribution is -0.384. The normalized spacial score (nSPS) is 20.8. The second-order valence-corrected chi connectivity index (χ2v) is 6.49. The van der Waals surface area contributed by atoms with Crippen LogP contribution in [0.5, 0.6) is 0 Å². The summed E-state index contributed by atoms with van der Waals surface area (Å²) in [7, 11) is 0. The summed E-state index contributed by atoms with van der Waals surface area (Å²) in [5.74, 6) is 1.13. The minimum Gasteiger partial charge on any atom is -0.370 e. The lowest BCUT2D eigenvalue weighted by atomic mass is 9.75. The molecule has 2 N–H and O–H groups in total. The molecule has 0 saturated heterocycles. The number of nitrogens with one attached hydrogen (secondary N) is 2. The number of anilines is 2. The van der Waals surface area contributed by atoms with Crippen molar-refractivity contribution in [2.45, 2.75) is 52.5 Å². The molecule has 0 bridgehead atoms. The van der Waals surface area contributed by atoms with E-state index in [-0.39, 0.29) is 10.6 Å². The van der Waals surface area contributed by atoms with Crippen molar-refractivity contribution >= 4 is 17.3 Å². The van der Waals surface area contributed by atoms with E-state index in [9.17, 15) is 10.1 Å². The van der Waals surface area contributed by atoms with Gasteiger partial charge >= 0.3 is 0 Å². The average molecular weight is 292 g/mol. The van der Waals surface area contributed by atoms with Crippen LogP contribution in [0.1, 0.15) is 46.5 Å². The molecule has 6 heteroatoms. The Labute approximate surface area is 125 Å². The third kappa shape index (κ3) is 4.31. The molecular formula is C15H24N4O2. The molecule has 0 spiro atoms. The Balaban J connectivity index is 2.16. The van der Waals surface area contributed by atoms with E-state index in [4.69, 9.17) is 0 Å². The van der Waals surface area contributed by atoms with Gasteiger partial charge < -0.3 is 10.6 Å². The summed E-state index contributed by atoms with van der Waals surface area (Å²) in [6.07, 6.45) is 4.56. The lowest BCUT2D eigenvalue weighted by Gasteiger charge is -2.35. The van der Waals surface area contributed by atoms with Gasteiger partial charge in [-0.2, -0.15) is 0 Å². The summed E-state index contributed by atoms with van der Waals surface area (Å²) < 4.78 is 0. The van der Waals surface area contributed by atoms with Crippen LogP contribution in [0.25, 0.3) is 0 Å². The molecule has 6 nitrogen and oxygen atoms in total. The largest absolute Gasteiger partial charge is 0.370 e. The molecule has 2 rings (SSSR count). The number of nitro groups is 1. The Morgan fingerprint density at radius 2 is 2.14 bits per heavy atom. The first-order valence-corrected chi connectivity index (χ1v) is 7.56. The molecule has 1 fully saturated rings. The van der Waals surface area contributed by atoms with Crippen LogP contribution in [0.15, 0.2) is 12.1 Å². The second-order valence-electron chi connectivity index (χ2n) is 6.49. The maximum absolute atomic E-state index is 11.0. The van der Waals surface area contributed by atoms with Gasteiger partial charge in [0, 0.05) is 12.6 Å². The smallest absolute Gasteiger partial charge is 0.276 e. The molecular weight excluding hydrogens is 268 g/mol. The van der Waals surface area contributed by atoms with Gasteiger partial charge in [-0.1, -0.05) is 20.3 Å². The predicted octanol–water partition coefficient (Wildman–Crippen LogP) is 3.80. The van der Waals surface area contributed by atoms with Gasteiger partial charge in [0.25, 0.3) is 5.69 Å². The minimum absolute atomic E-state index is 0.0681. The van der Waals surface area contributed by atoms with E-state index in [2.05, 4.69) is 29.5 Å². The molecule has 1 unspecified atom stereocenters. The topological polar surface area (TPSA) is 80.1 Å². The zero-order valence-electron chi connectivity index (χ0n) is 13.0. The van der Waals surface area contributed by atoms with Gasteiger partial charge in [-0.05, 0) is 31.6 Å². The Kier molecular flexibility index (Phi) is 4.65. The van der Waals surface area contributed by atoms with E-state index >= 15 is 0 Å². The first-order chi connectivity index (χ1) is 9.89. The monoisotopic (exact) mass is 292 g/mol. The molecule has 1 aromatic rings. The van der Waals surface area contributed by atoms with Crippen LogP contribution >= 0.6 is 0 Å². The third-order valence-corrected chi connectivity index (χ3v) is 3.94. The molecule has 0 aromatic carbocycles. The molecule has 21 heavy (non-hydrogen) atoms. The summed E-state index contributed by atoms with van der Waals surface area (Å²) in [4.78, 5) is 15.1. The van der Waals surface area contributed by atoms with Crippen molar-refractivity contribution in [2.75, 3.05) is 17.2 Å². The summed E-state index contributed by atoms with van der Waals surface area (Å²) in [6.45, 7) is 7.17. The first kappa shape index (κ1) is 15.5. The maximum Gasteiger partial charge on any atom is 0.276 e. The highest BCUT2D eigenvalue weighted by Crippen LogP contribution is 2.36. The Bertz CT molecular complexity index is 516. The van der Waals surface area contributed by atoms with Crippen molar-refractivity contribution in [2.24, 2.45) is 5.41 Å². The van der Waals surface area contributed by atoms with Crippen molar-refractivity contribution in [3.05, 3.63) is 22.2 Å². The van der Waals surface area contributed by atoms with Crippen LogP contribution in [-0.4, -0.2) is 22.5 Å². The Morgan fingerprint density at radius 1 is 1.43 bits per heavy atom. The van der Waals surface area contributed by atoms with E-state index in [1.807, 2.05) is 6.92 Å². The zero-order chi connectivity index (χ0) is 15.5. The van der Waals surface area contributed by atoms with Crippen molar-refractivity contribution in [3.63, 3.8) is 0 Å². The highest BCUT2D eigenvalue weighted by atomic mass is 16.6. The van der Waals surface area contributed by atoms with Gasteiger partial charge in [-0.15, -0.1) is 0 Å². The van der Waals surface area contributed by atoms with E-state index in [0.29, 0.717) is 29.6 Å². The van der Waals surface area contributed by atoms with Crippen LogP contribution in [-0.2, 0) is 0 Å². The van der Waals surface area contributed by atoms with Crippen molar-refractivity contribution in [1.29, 1.82) is 0 Å². The molecule has 0 aliphatic heterocycles. The molecule has 1 atom stereocenters. The van der Waals surface area contributed by atoms with Crippen molar-refractivity contribution in [3.8, 4) is 0 Å². The fourth-order valence-corrected chi connectivity index (χ4v) is 3.00. The van der Waals surface area contributed by atoms with Crippen LogP contribution in [0.2, 0.25) is 0 Å². The molecule has 1 heterocycles. The molecule has 1 aliphatic rings. The molecule has 1 aromatic heterocycles. The highest BCUT2D eigenvalue weighted by Gasteiger charge is 2.28. The molecule has 0 amide bonds. The van der Waals surface area contributed by atoms with Gasteiger partial charge in [0.05, 0.1) is 17.1 Å². The number of hydrogen-bond donors (Lipinski definition) is 2. The van der Waals surface area contributed by atoms with Gasteiger partial charge in [0.1, 0.15) is 11.6 Å². The zero-order valence-corrected chi connectivity index (χ0v) is 13.0. The van der Waals surface area contributed by atoms with Gasteiger partial charge in [-0.25, -0.2) is 4.98 Å². The lowest BCUT2D eigenvalue weighted by Crippen LogP contribution is -2.32. The summed E-state index contributed by atoms with van der Waals surface area (Å²) in [6, 6.07) is 3.32. The fraction of sp³-hybridized carbons (Fsp3) is 0.667. The predicted molar refractivity (Wildman–Crippen MR) is 84.7 cm³/mol. The number of pyridine rings is 1. The van der Waals surface area contributed by atoms with Crippen LogP contribution in [0.3, 0.4) is 0 Å². The average Bonchev–Trinajstić information content (AvgIpc) is 2.37. The summed E-state index contributed by atoms with van der Waals surface area (Å²) in [5, 5.41) is 17.4. The van der Waals surface area contributed by atoms with E-state index in [1.54, 1.807) is 0 Å². The highest BCUT2D eigenvalue weighted by molar-refractivity contribution is 5.55. The van der Waals surface area contributed by atoms with E-state index in [1.165, 1.54) is 25.0 Å². The Morgan fingerprint density at radius 3 is 2.76 bits per heavy atom. The number of aromatic nitrogens is 1. The second kappa shape index (κ2) is 6.28. The third-order valence-electron chi connectivity index (χ3n) is 3.94. The van der Waals surface area contributed by atoms with Gasteiger partial charge in [-0.3, -0.25) is 10.1 Å². The van der Waals surface area contributed by atoms with Gasteiger partial charge in [0.15, 0.2) is 0 Å². The quantitative estimate of drug-likeness (QED) is 0.637. The first-order valence-electron chi connectivity index (χ1n) is 7.56. The fourth-order valence-electron chi connectivity index (χ4n) is 3.00. The molecule has 116 valence electrons. The van der Waals surface area contributed by atoms with E-state index in [0.717, 1.165) is 12.8 Å². The van der Waals surface area contributed by atoms with Gasteiger partial charge in [0.2, 0.25) is 0 Å². The SMILES string of the molecule is CCNc1cc([N+](=O)[O-])cc(NC2CCCC(C)(C)C2)n1. The number of hydrogen-bond acceptors (Lipinski definition) is 5. The van der Waals surface area contributed by atoms with Crippen molar-refractivity contribution in [1.82, 2.24) is 4.98 Å². The van der Waals surface area contributed by atoms with Crippen LogP contribution < -0.4 is 10.6 Å². The maximum atomic E-state index is 11.0.